The van der Waals surface area contributed by atoms with E-state index in [9.17, 15) is 26.7 Å². The van der Waals surface area contributed by atoms with Crippen LogP contribution in [0.3, 0.4) is 0 Å². The smallest absolute Gasteiger partial charge is 0.380 e. The second-order valence-corrected chi connectivity index (χ2v) is 12.4. The lowest BCUT2D eigenvalue weighted by Crippen LogP contribution is -2.50. The van der Waals surface area contributed by atoms with Crippen molar-refractivity contribution in [2.24, 2.45) is 5.41 Å². The number of thioether (sulfide) groups is 1. The Morgan fingerprint density at radius 2 is 1.95 bits per heavy atom. The number of benzene rings is 2. The molecule has 12 heteroatoms. The van der Waals surface area contributed by atoms with Crippen molar-refractivity contribution in [2.75, 3.05) is 37.5 Å². The highest BCUT2D eigenvalue weighted by Gasteiger charge is 2.39. The number of hydrogen-bond donors (Lipinski definition) is 1. The van der Waals surface area contributed by atoms with Gasteiger partial charge in [0.15, 0.2) is 0 Å². The number of nitrogens with one attached hydrogen (secondary N) is 1. The van der Waals surface area contributed by atoms with E-state index in [1.165, 1.54) is 4.57 Å². The van der Waals surface area contributed by atoms with Crippen LogP contribution < -0.4 is 15.9 Å². The molecular formula is C28H31F5N4O2S. The van der Waals surface area contributed by atoms with Crippen LogP contribution in [0.2, 0.25) is 0 Å². The van der Waals surface area contributed by atoms with Gasteiger partial charge in [0.25, 0.3) is 0 Å². The van der Waals surface area contributed by atoms with Crippen LogP contribution in [0.15, 0.2) is 34.0 Å². The Morgan fingerprint density at radius 1 is 1.23 bits per heavy atom. The number of ether oxygens (including phenoxy) is 1. The third kappa shape index (κ3) is 5.45. The number of aryl methyl sites for hydroxylation is 1. The van der Waals surface area contributed by atoms with E-state index in [2.05, 4.69) is 17.2 Å². The average Bonchev–Trinajstić information content (AvgIpc) is 2.84. The molecule has 1 atom stereocenters. The first kappa shape index (κ1) is 28.8. The lowest BCUT2D eigenvalue weighted by atomic mass is 9.81. The van der Waals surface area contributed by atoms with Gasteiger partial charge in [-0.2, -0.15) is 18.2 Å². The molecular weight excluding hydrogens is 551 g/mol. The quantitative estimate of drug-likeness (QED) is 0.344. The van der Waals surface area contributed by atoms with Gasteiger partial charge in [0.2, 0.25) is 0 Å². The normalized spacial score (nSPS) is 17.2. The first-order chi connectivity index (χ1) is 18.8. The molecule has 0 bridgehead atoms. The van der Waals surface area contributed by atoms with Gasteiger partial charge in [0, 0.05) is 70.9 Å². The summed E-state index contributed by atoms with van der Waals surface area (Å²) in [4.78, 5) is 19.3. The highest BCUT2D eigenvalue weighted by molar-refractivity contribution is 7.99. The van der Waals surface area contributed by atoms with Crippen molar-refractivity contribution < 1.29 is 26.7 Å². The van der Waals surface area contributed by atoms with Crippen molar-refractivity contribution in [1.29, 1.82) is 0 Å². The maximum atomic E-state index is 14.9. The molecule has 2 aliphatic rings. The van der Waals surface area contributed by atoms with Crippen molar-refractivity contribution in [3.05, 3.63) is 51.9 Å². The van der Waals surface area contributed by atoms with Gasteiger partial charge in [-0.3, -0.25) is 4.57 Å². The van der Waals surface area contributed by atoms with Crippen LogP contribution >= 0.6 is 11.8 Å². The number of hydrogen-bond acceptors (Lipinski definition) is 6. The minimum Gasteiger partial charge on any atom is -0.380 e. The molecule has 5 rings (SSSR count). The summed E-state index contributed by atoms with van der Waals surface area (Å²) < 4.78 is 79.1. The Hall–Kier alpha value is -2.70. The van der Waals surface area contributed by atoms with Crippen molar-refractivity contribution in [3.63, 3.8) is 0 Å². The largest absolute Gasteiger partial charge is 0.417 e. The predicted octanol–water partition coefficient (Wildman–Crippen LogP) is 5.70. The highest BCUT2D eigenvalue weighted by Crippen LogP contribution is 2.49. The summed E-state index contributed by atoms with van der Waals surface area (Å²) in [5.41, 5.74) is -2.16. The van der Waals surface area contributed by atoms with Gasteiger partial charge >= 0.3 is 11.9 Å². The summed E-state index contributed by atoms with van der Waals surface area (Å²) in [6, 6.07) is 3.56. The molecule has 3 heterocycles. The SMILES string of the molecule is CC(C)NC(CN(C)c1nc(=O)n2c3c(c(-c4ccc(F)cc4F)c(C(F)(F)F)cc13)SCC2)CC1(C)COC1. The van der Waals surface area contributed by atoms with Gasteiger partial charge in [-0.15, -0.1) is 11.8 Å². The molecule has 2 aromatic carbocycles. The zero-order valence-electron chi connectivity index (χ0n) is 22.7. The predicted molar refractivity (Wildman–Crippen MR) is 146 cm³/mol. The molecule has 2 aliphatic heterocycles. The van der Waals surface area contributed by atoms with Crippen LogP contribution in [-0.4, -0.2) is 54.2 Å². The van der Waals surface area contributed by atoms with E-state index in [0.29, 0.717) is 31.6 Å². The second-order valence-electron chi connectivity index (χ2n) is 11.3. The number of likely N-dealkylation sites (N-methyl/N-ethyl adjacent to an activating group) is 1. The number of anilines is 1. The lowest BCUT2D eigenvalue weighted by molar-refractivity contribution is -0.137. The molecule has 3 aromatic rings. The van der Waals surface area contributed by atoms with Gasteiger partial charge in [-0.05, 0) is 24.6 Å². The standard InChI is InChI=1S/C28H31F5N4O2S/c1-15(2)34-17(11-27(3)13-39-14-27)12-36(4)25-19-10-20(28(31,32)33)22(18-6-5-16(29)9-21(18)30)24-23(19)37(7-8-40-24)26(38)35-25/h5-6,9-10,15,17,34H,7-8,11-14H2,1-4H3. The van der Waals surface area contributed by atoms with Gasteiger partial charge < -0.3 is 15.0 Å². The number of rotatable bonds is 8. The number of nitrogens with zero attached hydrogens (tertiary/aromatic N) is 3. The van der Waals surface area contributed by atoms with Crippen molar-refractivity contribution in [1.82, 2.24) is 14.9 Å². The molecule has 0 amide bonds. The third-order valence-corrected chi connectivity index (χ3v) is 8.40. The van der Waals surface area contributed by atoms with E-state index in [1.807, 2.05) is 13.8 Å². The summed E-state index contributed by atoms with van der Waals surface area (Å²) >= 11 is 1.12. The monoisotopic (exact) mass is 582 g/mol. The van der Waals surface area contributed by atoms with Crippen molar-refractivity contribution in [3.8, 4) is 11.1 Å². The fraction of sp³-hybridized carbons (Fsp3) is 0.500. The van der Waals surface area contributed by atoms with Crippen LogP contribution in [0.25, 0.3) is 22.0 Å². The Morgan fingerprint density at radius 3 is 2.55 bits per heavy atom. The molecule has 6 nitrogen and oxygen atoms in total. The molecule has 0 spiro atoms. The number of aromatic nitrogens is 2. The third-order valence-electron chi connectivity index (χ3n) is 7.33. The Labute approximate surface area is 232 Å². The van der Waals surface area contributed by atoms with Crippen molar-refractivity contribution in [2.45, 2.75) is 56.9 Å². The summed E-state index contributed by atoms with van der Waals surface area (Å²) in [5, 5.41) is 3.68. The van der Waals surface area contributed by atoms with Crippen LogP contribution in [0.5, 0.6) is 0 Å². The van der Waals surface area contributed by atoms with Gasteiger partial charge in [0.1, 0.15) is 17.5 Å². The number of halogens is 5. The Bertz CT molecular complexity index is 1500. The zero-order chi connectivity index (χ0) is 29.0. The Kier molecular flexibility index (Phi) is 7.64. The molecule has 1 saturated heterocycles. The van der Waals surface area contributed by atoms with Gasteiger partial charge in [0.05, 0.1) is 24.3 Å². The van der Waals surface area contributed by atoms with Crippen LogP contribution in [0.4, 0.5) is 27.8 Å². The summed E-state index contributed by atoms with van der Waals surface area (Å²) in [7, 11) is 1.71. The number of alkyl halides is 3. The molecule has 1 N–H and O–H groups in total. The van der Waals surface area contributed by atoms with Crippen LogP contribution in [0, 0.1) is 17.0 Å². The van der Waals surface area contributed by atoms with E-state index in [1.54, 1.807) is 11.9 Å². The van der Waals surface area contributed by atoms with Crippen LogP contribution in [-0.2, 0) is 17.5 Å². The van der Waals surface area contributed by atoms with E-state index in [4.69, 9.17) is 4.74 Å². The summed E-state index contributed by atoms with van der Waals surface area (Å²) in [5.74, 6) is -1.57. The fourth-order valence-corrected chi connectivity index (χ4v) is 6.88. The molecule has 1 unspecified atom stereocenters. The molecule has 1 aromatic heterocycles. The first-order valence-corrected chi connectivity index (χ1v) is 14.1. The Balaban J connectivity index is 1.70. The van der Waals surface area contributed by atoms with E-state index >= 15 is 0 Å². The van der Waals surface area contributed by atoms with Crippen LogP contribution in [0.1, 0.15) is 32.8 Å². The molecule has 0 saturated carbocycles. The molecule has 0 aliphatic carbocycles. The average molecular weight is 583 g/mol. The molecule has 216 valence electrons. The van der Waals surface area contributed by atoms with E-state index in [0.717, 1.165) is 36.4 Å². The minimum atomic E-state index is -4.85. The second kappa shape index (κ2) is 10.6. The topological polar surface area (TPSA) is 59.4 Å². The summed E-state index contributed by atoms with van der Waals surface area (Å²) in [6.45, 7) is 8.05. The van der Waals surface area contributed by atoms with Crippen molar-refractivity contribution >= 4 is 28.5 Å². The first-order valence-electron chi connectivity index (χ1n) is 13.1. The zero-order valence-corrected chi connectivity index (χ0v) is 23.5. The molecule has 40 heavy (non-hydrogen) atoms. The van der Waals surface area contributed by atoms with Gasteiger partial charge in [-0.25, -0.2) is 13.6 Å². The maximum Gasteiger partial charge on any atom is 0.417 e. The maximum absolute atomic E-state index is 14.9. The highest BCUT2D eigenvalue weighted by atomic mass is 32.2. The van der Waals surface area contributed by atoms with Gasteiger partial charge in [-0.1, -0.05) is 20.8 Å². The molecule has 1 fully saturated rings. The minimum absolute atomic E-state index is 0.0193. The van der Waals surface area contributed by atoms with E-state index in [-0.39, 0.29) is 51.2 Å². The lowest BCUT2D eigenvalue weighted by Gasteiger charge is -2.42. The summed E-state index contributed by atoms with van der Waals surface area (Å²) in [6.07, 6.45) is -4.08. The van der Waals surface area contributed by atoms with E-state index < -0.39 is 34.6 Å². The molecule has 0 radical (unpaired) electrons. The fourth-order valence-electron chi connectivity index (χ4n) is 5.68.